The van der Waals surface area contributed by atoms with Crippen LogP contribution in [0, 0.1) is 0 Å². The first-order valence-corrected chi connectivity index (χ1v) is 13.3. The molecule has 190 valence electrons. The lowest BCUT2D eigenvalue weighted by Crippen LogP contribution is -2.38. The summed E-state index contributed by atoms with van der Waals surface area (Å²) in [7, 11) is 3.04. The van der Waals surface area contributed by atoms with E-state index >= 15 is 0 Å². The van der Waals surface area contributed by atoms with Gasteiger partial charge in [-0.1, -0.05) is 96.2 Å². The Balaban J connectivity index is 1.57. The predicted molar refractivity (Wildman–Crippen MR) is 148 cm³/mol. The van der Waals surface area contributed by atoms with Gasteiger partial charge in [0.05, 0.1) is 0 Å². The highest BCUT2D eigenvalue weighted by Gasteiger charge is 2.37. The zero-order chi connectivity index (χ0) is 26.4. The molecule has 0 fully saturated rings. The van der Waals surface area contributed by atoms with E-state index in [1.807, 2.05) is 54.6 Å². The molecular weight excluding hydrogens is 518 g/mol. The summed E-state index contributed by atoms with van der Waals surface area (Å²) in [4.78, 5) is 22.9. The van der Waals surface area contributed by atoms with E-state index in [0.717, 1.165) is 28.5 Å². The van der Waals surface area contributed by atoms with Gasteiger partial charge in [-0.25, -0.2) is 9.67 Å². The van der Waals surface area contributed by atoms with E-state index in [9.17, 15) is 4.79 Å². The first-order valence-electron chi connectivity index (χ1n) is 11.6. The van der Waals surface area contributed by atoms with Crippen LogP contribution in [0.3, 0.4) is 0 Å². The normalized spacial score (nSPS) is 11.8. The standard InChI is InChI=1S/C27H23N7O2S2/c1-34-26(30-32-33-34)38-24(35)23(31-36-2)22-18-37-25(28-22)29-27(19-12-6-3-7-13-19,20-14-8-4-9-15-20)21-16-10-5-11-17-21/h3-18H,1-2H3,(H,28,29). The molecule has 0 aliphatic carbocycles. The van der Waals surface area contributed by atoms with Crippen molar-refractivity contribution in [1.82, 2.24) is 25.2 Å². The molecule has 0 aliphatic heterocycles. The Kier molecular flexibility index (Phi) is 7.57. The van der Waals surface area contributed by atoms with E-state index in [2.05, 4.69) is 62.4 Å². The molecule has 9 nitrogen and oxygen atoms in total. The Morgan fingerprint density at radius 2 is 1.50 bits per heavy atom. The van der Waals surface area contributed by atoms with Crippen molar-refractivity contribution in [2.45, 2.75) is 10.7 Å². The average molecular weight is 542 g/mol. The van der Waals surface area contributed by atoms with Gasteiger partial charge in [0.15, 0.2) is 10.8 Å². The number of aryl methyl sites for hydroxylation is 1. The van der Waals surface area contributed by atoms with Gasteiger partial charge in [0.25, 0.3) is 5.12 Å². The number of rotatable bonds is 9. The summed E-state index contributed by atoms with van der Waals surface area (Å²) in [6.07, 6.45) is 0. The number of oxime groups is 1. The van der Waals surface area contributed by atoms with E-state index < -0.39 is 5.54 Å². The first-order chi connectivity index (χ1) is 18.6. The molecule has 0 unspecified atom stereocenters. The lowest BCUT2D eigenvalue weighted by molar-refractivity contribution is -0.105. The van der Waals surface area contributed by atoms with Crippen LogP contribution < -0.4 is 5.32 Å². The van der Waals surface area contributed by atoms with Crippen LogP contribution in [0.5, 0.6) is 0 Å². The van der Waals surface area contributed by atoms with Crippen LogP contribution in [0.1, 0.15) is 22.4 Å². The van der Waals surface area contributed by atoms with Crippen molar-refractivity contribution in [3.05, 3.63) is 119 Å². The predicted octanol–water partition coefficient (Wildman–Crippen LogP) is 4.74. The number of tetrazole rings is 1. The fourth-order valence-corrected chi connectivity index (χ4v) is 5.50. The number of thioether (sulfide) groups is 1. The lowest BCUT2D eigenvalue weighted by atomic mass is 9.77. The molecule has 0 radical (unpaired) electrons. The molecule has 5 aromatic rings. The van der Waals surface area contributed by atoms with Crippen molar-refractivity contribution in [1.29, 1.82) is 0 Å². The van der Waals surface area contributed by atoms with Crippen molar-refractivity contribution in [3.8, 4) is 0 Å². The topological polar surface area (TPSA) is 107 Å². The van der Waals surface area contributed by atoms with Gasteiger partial charge >= 0.3 is 0 Å². The van der Waals surface area contributed by atoms with Crippen LogP contribution in [0.4, 0.5) is 5.13 Å². The molecule has 0 bridgehead atoms. The highest BCUT2D eigenvalue weighted by Crippen LogP contribution is 2.40. The average Bonchev–Trinajstić information content (AvgIpc) is 3.60. The van der Waals surface area contributed by atoms with E-state index in [1.165, 1.54) is 23.1 Å². The smallest absolute Gasteiger partial charge is 0.251 e. The summed E-state index contributed by atoms with van der Waals surface area (Å²) in [6, 6.07) is 30.7. The third kappa shape index (κ3) is 5.06. The minimum Gasteiger partial charge on any atom is -0.398 e. The Morgan fingerprint density at radius 3 is 1.97 bits per heavy atom. The van der Waals surface area contributed by atoms with Crippen LogP contribution in [0.2, 0.25) is 0 Å². The molecule has 0 spiro atoms. The second kappa shape index (κ2) is 11.4. The molecule has 2 aromatic heterocycles. The lowest BCUT2D eigenvalue weighted by Gasteiger charge is -2.36. The van der Waals surface area contributed by atoms with Gasteiger partial charge in [-0.3, -0.25) is 4.79 Å². The van der Waals surface area contributed by atoms with Gasteiger partial charge < -0.3 is 10.2 Å². The summed E-state index contributed by atoms with van der Waals surface area (Å²) in [5, 5.41) is 21.2. The van der Waals surface area contributed by atoms with Crippen LogP contribution >= 0.6 is 23.1 Å². The van der Waals surface area contributed by atoms with E-state index in [1.54, 1.807) is 12.4 Å². The minimum atomic E-state index is -0.749. The van der Waals surface area contributed by atoms with Crippen molar-refractivity contribution >= 4 is 39.1 Å². The van der Waals surface area contributed by atoms with Crippen molar-refractivity contribution in [3.63, 3.8) is 0 Å². The first kappa shape index (κ1) is 25.3. The summed E-state index contributed by atoms with van der Waals surface area (Å²) in [5.74, 6) is 0. The number of aromatic nitrogens is 5. The zero-order valence-electron chi connectivity index (χ0n) is 20.6. The Morgan fingerprint density at radius 1 is 0.947 bits per heavy atom. The molecule has 1 N–H and O–H groups in total. The molecule has 0 aliphatic rings. The van der Waals surface area contributed by atoms with Gasteiger partial charge in [0.2, 0.25) is 5.16 Å². The quantitative estimate of drug-likeness (QED) is 0.123. The molecule has 3 aromatic carbocycles. The van der Waals surface area contributed by atoms with Gasteiger partial charge in [-0.2, -0.15) is 0 Å². The maximum atomic E-state index is 13.1. The molecule has 0 atom stereocenters. The molecular formula is C27H23N7O2S2. The number of carbonyl (C=O) groups is 1. The van der Waals surface area contributed by atoms with E-state index in [4.69, 9.17) is 9.82 Å². The van der Waals surface area contributed by atoms with Gasteiger partial charge in [0, 0.05) is 12.4 Å². The maximum absolute atomic E-state index is 13.1. The van der Waals surface area contributed by atoms with Crippen molar-refractivity contribution in [2.75, 3.05) is 12.4 Å². The summed E-state index contributed by atoms with van der Waals surface area (Å²) in [6.45, 7) is 0. The monoisotopic (exact) mass is 541 g/mol. The van der Waals surface area contributed by atoms with Crippen LogP contribution in [-0.4, -0.2) is 43.1 Å². The highest BCUT2D eigenvalue weighted by molar-refractivity contribution is 8.15. The Bertz CT molecular complexity index is 1440. The van der Waals surface area contributed by atoms with Crippen molar-refractivity contribution in [2.24, 2.45) is 12.2 Å². The third-order valence-electron chi connectivity index (χ3n) is 5.80. The SMILES string of the molecule is CON=C(C(=O)Sc1nnnn1C)c1csc(NC(c2ccccc2)(c2ccccc2)c2ccccc2)n1. The number of nitrogens with zero attached hydrogens (tertiary/aromatic N) is 6. The fraction of sp³-hybridized carbons (Fsp3) is 0.111. The highest BCUT2D eigenvalue weighted by atomic mass is 32.2. The number of nitrogens with one attached hydrogen (secondary N) is 1. The van der Waals surface area contributed by atoms with E-state index in [-0.39, 0.29) is 10.8 Å². The van der Waals surface area contributed by atoms with Gasteiger partial charge in [-0.05, 0) is 38.9 Å². The molecule has 5 rings (SSSR count). The zero-order valence-corrected chi connectivity index (χ0v) is 22.2. The van der Waals surface area contributed by atoms with E-state index in [0.29, 0.717) is 16.0 Å². The number of hydrogen-bond donors (Lipinski definition) is 1. The summed E-state index contributed by atoms with van der Waals surface area (Å²) >= 11 is 2.23. The second-order valence-electron chi connectivity index (χ2n) is 8.11. The number of anilines is 1. The molecule has 11 heteroatoms. The summed E-state index contributed by atoms with van der Waals surface area (Å²) < 4.78 is 1.41. The van der Waals surface area contributed by atoms with Crippen molar-refractivity contribution < 1.29 is 9.63 Å². The number of benzene rings is 3. The second-order valence-corrected chi connectivity index (χ2v) is 9.91. The van der Waals surface area contributed by atoms with Crippen LogP contribution in [0.25, 0.3) is 0 Å². The Hall–Kier alpha value is -4.35. The third-order valence-corrected chi connectivity index (χ3v) is 7.47. The molecule has 0 amide bonds. The number of thiazole rings is 1. The summed E-state index contributed by atoms with van der Waals surface area (Å²) in [5.41, 5.74) is 2.83. The van der Waals surface area contributed by atoms with Gasteiger partial charge in [-0.15, -0.1) is 16.4 Å². The van der Waals surface area contributed by atoms with Crippen LogP contribution in [0.15, 0.2) is 107 Å². The number of hydrogen-bond acceptors (Lipinski definition) is 10. The van der Waals surface area contributed by atoms with Crippen LogP contribution in [-0.2, 0) is 22.2 Å². The molecule has 38 heavy (non-hydrogen) atoms. The fourth-order valence-electron chi connectivity index (χ4n) is 4.10. The number of carbonyl (C=O) groups excluding carboxylic acids is 1. The molecule has 0 saturated carbocycles. The maximum Gasteiger partial charge on any atom is 0.251 e. The van der Waals surface area contributed by atoms with Gasteiger partial charge in [0.1, 0.15) is 18.3 Å². The largest absolute Gasteiger partial charge is 0.398 e. The Labute approximate surface area is 227 Å². The minimum absolute atomic E-state index is 0.0644. The molecule has 0 saturated heterocycles. The molecule has 2 heterocycles.